The molecular formula is C27H43N3O7. The Morgan fingerprint density at radius 2 is 1.78 bits per heavy atom. The summed E-state index contributed by atoms with van der Waals surface area (Å²) in [6.07, 6.45) is 1.90. The minimum absolute atomic E-state index is 0.0498. The van der Waals surface area contributed by atoms with Crippen molar-refractivity contribution in [3.63, 3.8) is 0 Å². The van der Waals surface area contributed by atoms with Gasteiger partial charge in [0.05, 0.1) is 7.11 Å². The second-order valence-electron chi connectivity index (χ2n) is 10.4. The van der Waals surface area contributed by atoms with E-state index in [1.54, 1.807) is 32.9 Å². The lowest BCUT2D eigenvalue weighted by Crippen LogP contribution is -2.54. The molecular weight excluding hydrogens is 478 g/mol. The van der Waals surface area contributed by atoms with E-state index >= 15 is 0 Å². The van der Waals surface area contributed by atoms with Crippen LogP contribution in [-0.2, 0) is 23.9 Å². The maximum absolute atomic E-state index is 14.0. The number of unbranched alkanes of at least 4 members (excludes halogenated alkanes) is 2. The van der Waals surface area contributed by atoms with Gasteiger partial charge in [0.25, 0.3) is 0 Å². The highest BCUT2D eigenvalue weighted by molar-refractivity contribution is 5.93. The molecule has 0 spiro atoms. The number of methoxy groups -OCH3 is 1. The summed E-state index contributed by atoms with van der Waals surface area (Å²) >= 11 is 0. The van der Waals surface area contributed by atoms with Crippen LogP contribution in [0.4, 0.5) is 4.79 Å². The molecule has 0 saturated carbocycles. The van der Waals surface area contributed by atoms with E-state index in [1.807, 2.05) is 20.8 Å². The Morgan fingerprint density at radius 3 is 2.32 bits per heavy atom. The molecule has 3 amide bonds. The van der Waals surface area contributed by atoms with Gasteiger partial charge in [-0.05, 0) is 57.2 Å². The molecule has 1 aromatic carbocycles. The topological polar surface area (TPSA) is 134 Å². The van der Waals surface area contributed by atoms with Gasteiger partial charge >= 0.3 is 12.1 Å². The SMILES string of the molecule is CCCCCN(C(=O)C(CC(C)C)NC(=O)OC(C)(C)C)C(C(=O)NCC(=O)OC)c1cccc(O)c1. The number of rotatable bonds is 13. The summed E-state index contributed by atoms with van der Waals surface area (Å²) in [6, 6.07) is 3.95. The Balaban J connectivity index is 3.47. The van der Waals surface area contributed by atoms with Gasteiger partial charge in [-0.3, -0.25) is 14.4 Å². The predicted molar refractivity (Wildman–Crippen MR) is 140 cm³/mol. The van der Waals surface area contributed by atoms with Gasteiger partial charge < -0.3 is 30.1 Å². The summed E-state index contributed by atoms with van der Waals surface area (Å²) in [4.78, 5) is 53.1. The third-order valence-electron chi connectivity index (χ3n) is 5.36. The first-order valence-corrected chi connectivity index (χ1v) is 12.7. The van der Waals surface area contributed by atoms with Gasteiger partial charge in [0.1, 0.15) is 30.0 Å². The molecule has 0 aliphatic rings. The average molecular weight is 522 g/mol. The predicted octanol–water partition coefficient (Wildman–Crippen LogP) is 3.68. The fourth-order valence-electron chi connectivity index (χ4n) is 3.74. The fraction of sp³-hybridized carbons (Fsp3) is 0.630. The van der Waals surface area contributed by atoms with Crippen molar-refractivity contribution in [3.8, 4) is 5.75 Å². The maximum Gasteiger partial charge on any atom is 0.408 e. The van der Waals surface area contributed by atoms with Crippen LogP contribution in [0.15, 0.2) is 24.3 Å². The molecule has 0 fully saturated rings. The Hall–Kier alpha value is -3.30. The van der Waals surface area contributed by atoms with Gasteiger partial charge in [0.15, 0.2) is 0 Å². The van der Waals surface area contributed by atoms with Crippen molar-refractivity contribution in [2.75, 3.05) is 20.2 Å². The number of benzene rings is 1. The molecule has 3 N–H and O–H groups in total. The number of phenolic OH excluding ortho intramolecular Hbond substituents is 1. The largest absolute Gasteiger partial charge is 0.508 e. The summed E-state index contributed by atoms with van der Waals surface area (Å²) in [6.45, 7) is 10.9. The van der Waals surface area contributed by atoms with E-state index in [0.717, 1.165) is 12.8 Å². The van der Waals surface area contributed by atoms with Gasteiger partial charge in [-0.25, -0.2) is 4.79 Å². The lowest BCUT2D eigenvalue weighted by molar-refractivity contribution is -0.145. The van der Waals surface area contributed by atoms with Crippen molar-refractivity contribution < 1.29 is 33.8 Å². The fourth-order valence-corrected chi connectivity index (χ4v) is 3.74. The molecule has 0 bridgehead atoms. The van der Waals surface area contributed by atoms with Crippen molar-refractivity contribution >= 4 is 23.9 Å². The number of aromatic hydroxyl groups is 1. The smallest absolute Gasteiger partial charge is 0.408 e. The van der Waals surface area contributed by atoms with Crippen molar-refractivity contribution in [3.05, 3.63) is 29.8 Å². The highest BCUT2D eigenvalue weighted by Gasteiger charge is 2.36. The molecule has 1 aromatic rings. The molecule has 0 aliphatic carbocycles. The normalized spacial score (nSPS) is 12.9. The zero-order valence-electron chi connectivity index (χ0n) is 23.1. The van der Waals surface area contributed by atoms with Crippen LogP contribution in [0.1, 0.15) is 78.8 Å². The minimum Gasteiger partial charge on any atom is -0.508 e. The molecule has 2 unspecified atom stereocenters. The average Bonchev–Trinajstić information content (AvgIpc) is 2.79. The van der Waals surface area contributed by atoms with E-state index in [-0.39, 0.29) is 24.8 Å². The molecule has 10 nitrogen and oxygen atoms in total. The number of nitrogens with zero attached hydrogens (tertiary/aromatic N) is 1. The summed E-state index contributed by atoms with van der Waals surface area (Å²) in [5.41, 5.74) is -0.387. The molecule has 37 heavy (non-hydrogen) atoms. The van der Waals surface area contributed by atoms with Crippen molar-refractivity contribution in [2.45, 2.75) is 84.9 Å². The number of hydrogen-bond donors (Lipinski definition) is 3. The first-order valence-electron chi connectivity index (χ1n) is 12.7. The van der Waals surface area contributed by atoms with Crippen LogP contribution in [-0.4, -0.2) is 65.7 Å². The lowest BCUT2D eigenvalue weighted by Gasteiger charge is -2.35. The molecule has 0 heterocycles. The van der Waals surface area contributed by atoms with Crippen LogP contribution in [0.25, 0.3) is 0 Å². The maximum atomic E-state index is 14.0. The number of ether oxygens (including phenoxy) is 2. The van der Waals surface area contributed by atoms with Gasteiger partial charge in [0.2, 0.25) is 11.8 Å². The standard InChI is InChI=1S/C27H43N3O7/c1-8-9-10-14-30(25(34)21(15-18(2)3)29-26(35)37-27(4,5)6)23(19-12-11-13-20(31)16-19)24(33)28-17-22(32)36-7/h11-13,16,18,21,23,31H,8-10,14-15,17H2,1-7H3,(H,28,33)(H,29,35). The van der Waals surface area contributed by atoms with Gasteiger partial charge in [0, 0.05) is 6.54 Å². The van der Waals surface area contributed by atoms with E-state index < -0.39 is 41.6 Å². The number of nitrogens with one attached hydrogen (secondary N) is 2. The zero-order valence-corrected chi connectivity index (χ0v) is 23.1. The number of amides is 3. The van der Waals surface area contributed by atoms with E-state index in [2.05, 4.69) is 15.4 Å². The minimum atomic E-state index is -1.16. The van der Waals surface area contributed by atoms with Gasteiger partial charge in [-0.2, -0.15) is 0 Å². The van der Waals surface area contributed by atoms with E-state index in [9.17, 15) is 24.3 Å². The number of hydrogen-bond acceptors (Lipinski definition) is 7. The van der Waals surface area contributed by atoms with Crippen LogP contribution in [0.5, 0.6) is 5.75 Å². The number of alkyl carbamates (subject to hydrolysis) is 1. The Kier molecular flexibility index (Phi) is 12.9. The second kappa shape index (κ2) is 15.1. The van der Waals surface area contributed by atoms with Crippen LogP contribution >= 0.6 is 0 Å². The number of esters is 1. The van der Waals surface area contributed by atoms with Gasteiger partial charge in [-0.1, -0.05) is 45.7 Å². The zero-order chi connectivity index (χ0) is 28.2. The monoisotopic (exact) mass is 521 g/mol. The first kappa shape index (κ1) is 31.7. The Labute approximate surface area is 220 Å². The number of carbonyl (C=O) groups is 4. The van der Waals surface area contributed by atoms with Crippen LogP contribution in [0.2, 0.25) is 0 Å². The highest BCUT2D eigenvalue weighted by Crippen LogP contribution is 2.27. The first-order chi connectivity index (χ1) is 17.3. The second-order valence-corrected chi connectivity index (χ2v) is 10.4. The summed E-state index contributed by atoms with van der Waals surface area (Å²) in [5.74, 6) is -1.74. The van der Waals surface area contributed by atoms with E-state index in [4.69, 9.17) is 4.74 Å². The molecule has 0 saturated heterocycles. The van der Waals surface area contributed by atoms with Crippen molar-refractivity contribution in [1.82, 2.24) is 15.5 Å². The van der Waals surface area contributed by atoms with Crippen LogP contribution in [0.3, 0.4) is 0 Å². The molecule has 208 valence electrons. The third kappa shape index (κ3) is 11.5. The van der Waals surface area contributed by atoms with E-state index in [1.165, 1.54) is 24.1 Å². The molecule has 1 rings (SSSR count). The molecule has 0 aromatic heterocycles. The Bertz CT molecular complexity index is 912. The summed E-state index contributed by atoms with van der Waals surface area (Å²) in [5, 5.41) is 15.3. The summed E-state index contributed by atoms with van der Waals surface area (Å²) < 4.78 is 10.0. The third-order valence-corrected chi connectivity index (χ3v) is 5.36. The summed E-state index contributed by atoms with van der Waals surface area (Å²) in [7, 11) is 1.21. The van der Waals surface area contributed by atoms with Gasteiger partial charge in [-0.15, -0.1) is 0 Å². The highest BCUT2D eigenvalue weighted by atomic mass is 16.6. The molecule has 0 aliphatic heterocycles. The van der Waals surface area contributed by atoms with Crippen LogP contribution in [0, 0.1) is 5.92 Å². The quantitative estimate of drug-likeness (QED) is 0.266. The molecule has 2 atom stereocenters. The van der Waals surface area contributed by atoms with Crippen molar-refractivity contribution in [1.29, 1.82) is 0 Å². The Morgan fingerprint density at radius 1 is 1.11 bits per heavy atom. The molecule has 0 radical (unpaired) electrons. The number of carbonyl (C=O) groups excluding carboxylic acids is 4. The van der Waals surface area contributed by atoms with E-state index in [0.29, 0.717) is 18.4 Å². The lowest BCUT2D eigenvalue weighted by atomic mass is 9.98. The molecule has 10 heteroatoms. The van der Waals surface area contributed by atoms with Crippen molar-refractivity contribution in [2.24, 2.45) is 5.92 Å². The van der Waals surface area contributed by atoms with Crippen LogP contribution < -0.4 is 10.6 Å². The number of phenols is 1.